The van der Waals surface area contributed by atoms with Gasteiger partial charge in [0.15, 0.2) is 0 Å². The van der Waals surface area contributed by atoms with Crippen molar-refractivity contribution >= 4 is 16.9 Å². The number of hydrogen-bond acceptors (Lipinski definition) is 3. The van der Waals surface area contributed by atoms with Crippen molar-refractivity contribution in [2.24, 2.45) is 13.0 Å². The minimum Gasteiger partial charge on any atom is -0.328 e. The van der Waals surface area contributed by atoms with Gasteiger partial charge in [0.2, 0.25) is 5.91 Å². The van der Waals surface area contributed by atoms with Crippen LogP contribution in [0.4, 0.5) is 0 Å². The largest absolute Gasteiger partial charge is 0.328 e. The molecule has 1 atom stereocenters. The van der Waals surface area contributed by atoms with E-state index in [4.69, 9.17) is 4.98 Å². The predicted molar refractivity (Wildman–Crippen MR) is 92.2 cm³/mol. The van der Waals surface area contributed by atoms with Crippen molar-refractivity contribution < 1.29 is 4.79 Å². The molecular weight excluding hydrogens is 300 g/mol. The van der Waals surface area contributed by atoms with Crippen molar-refractivity contribution in [1.29, 1.82) is 0 Å². The number of fused-ring (bicyclic) bond motifs is 1. The molecule has 2 heterocycles. The highest BCUT2D eigenvalue weighted by atomic mass is 16.2. The molecule has 126 valence electrons. The smallest absolute Gasteiger partial charge is 0.244 e. The zero-order valence-corrected chi connectivity index (χ0v) is 14.2. The van der Waals surface area contributed by atoms with Gasteiger partial charge >= 0.3 is 0 Å². The number of carbonyl (C=O) groups excluding carboxylic acids is 1. The lowest BCUT2D eigenvalue weighted by molar-refractivity contribution is -0.133. The number of benzene rings is 1. The summed E-state index contributed by atoms with van der Waals surface area (Å²) in [5.74, 6) is 1.96. The SMILES string of the molecule is Cn1c([C@H]2NC3(CCCC3)C(=O)N2CC2CC2)nc2ccccc21. The number of para-hydroxylation sites is 2. The van der Waals surface area contributed by atoms with Crippen LogP contribution < -0.4 is 5.32 Å². The summed E-state index contributed by atoms with van der Waals surface area (Å²) in [5, 5.41) is 3.71. The molecule has 3 fully saturated rings. The maximum Gasteiger partial charge on any atom is 0.244 e. The van der Waals surface area contributed by atoms with Gasteiger partial charge in [0, 0.05) is 13.6 Å². The van der Waals surface area contributed by atoms with E-state index in [2.05, 4.69) is 27.9 Å². The maximum atomic E-state index is 13.2. The monoisotopic (exact) mass is 324 g/mol. The fraction of sp³-hybridized carbons (Fsp3) is 0.579. The molecule has 5 nitrogen and oxygen atoms in total. The van der Waals surface area contributed by atoms with Crippen LogP contribution in [0.2, 0.25) is 0 Å². The van der Waals surface area contributed by atoms with Crippen molar-refractivity contribution in [1.82, 2.24) is 19.8 Å². The Hall–Kier alpha value is -1.88. The van der Waals surface area contributed by atoms with Gasteiger partial charge in [0.25, 0.3) is 0 Å². The van der Waals surface area contributed by atoms with Crippen molar-refractivity contribution in [3.63, 3.8) is 0 Å². The Bertz CT molecular complexity index is 801. The zero-order valence-electron chi connectivity index (χ0n) is 14.2. The van der Waals surface area contributed by atoms with Gasteiger partial charge in [-0.15, -0.1) is 0 Å². The molecule has 1 spiro atoms. The molecule has 2 saturated carbocycles. The number of hydrogen-bond donors (Lipinski definition) is 1. The number of amides is 1. The Morgan fingerprint density at radius 3 is 2.71 bits per heavy atom. The van der Waals surface area contributed by atoms with Crippen LogP contribution in [-0.4, -0.2) is 32.4 Å². The summed E-state index contributed by atoms with van der Waals surface area (Å²) in [7, 11) is 2.06. The molecule has 3 aliphatic rings. The van der Waals surface area contributed by atoms with Crippen LogP contribution in [-0.2, 0) is 11.8 Å². The van der Waals surface area contributed by atoms with E-state index < -0.39 is 0 Å². The van der Waals surface area contributed by atoms with E-state index in [9.17, 15) is 4.79 Å². The van der Waals surface area contributed by atoms with Crippen LogP contribution in [0.15, 0.2) is 24.3 Å². The number of imidazole rings is 1. The van der Waals surface area contributed by atoms with Gasteiger partial charge in [-0.05, 0) is 43.7 Å². The van der Waals surface area contributed by atoms with E-state index in [1.165, 1.54) is 12.8 Å². The highest BCUT2D eigenvalue weighted by Crippen LogP contribution is 2.43. The molecule has 1 amide bonds. The van der Waals surface area contributed by atoms with E-state index in [-0.39, 0.29) is 11.7 Å². The summed E-state index contributed by atoms with van der Waals surface area (Å²) in [4.78, 5) is 20.2. The van der Waals surface area contributed by atoms with Crippen molar-refractivity contribution in [2.75, 3.05) is 6.54 Å². The number of nitrogens with zero attached hydrogens (tertiary/aromatic N) is 3. The fourth-order valence-corrected chi connectivity index (χ4v) is 4.51. The molecule has 1 saturated heterocycles. The second-order valence-corrected chi connectivity index (χ2v) is 7.75. The third-order valence-corrected chi connectivity index (χ3v) is 6.07. The standard InChI is InChI=1S/C19H24N4O/c1-22-15-7-3-2-6-14(15)20-16(22)17-21-19(10-4-5-11-19)18(24)23(17)12-13-8-9-13/h2-3,6-7,13,17,21H,4-5,8-12H2,1H3/t17-/m0/s1. The lowest BCUT2D eigenvalue weighted by atomic mass is 9.98. The topological polar surface area (TPSA) is 50.2 Å². The van der Waals surface area contributed by atoms with Gasteiger partial charge in [-0.1, -0.05) is 25.0 Å². The molecular formula is C19H24N4O. The molecule has 1 aliphatic heterocycles. The summed E-state index contributed by atoms with van der Waals surface area (Å²) in [5.41, 5.74) is 1.79. The Balaban J connectivity index is 1.58. The molecule has 24 heavy (non-hydrogen) atoms. The van der Waals surface area contributed by atoms with Gasteiger partial charge in [-0.2, -0.15) is 0 Å². The van der Waals surface area contributed by atoms with Crippen LogP contribution in [0.25, 0.3) is 11.0 Å². The number of aryl methyl sites for hydroxylation is 1. The van der Waals surface area contributed by atoms with Crippen molar-refractivity contribution in [3.05, 3.63) is 30.1 Å². The zero-order chi connectivity index (χ0) is 16.3. The molecule has 0 radical (unpaired) electrons. The molecule has 1 aromatic heterocycles. The first-order chi connectivity index (χ1) is 11.7. The molecule has 2 aliphatic carbocycles. The lowest BCUT2D eigenvalue weighted by Gasteiger charge is -2.23. The number of nitrogens with one attached hydrogen (secondary N) is 1. The Labute approximate surface area is 142 Å². The summed E-state index contributed by atoms with van der Waals surface area (Å²) in [6, 6.07) is 8.21. The summed E-state index contributed by atoms with van der Waals surface area (Å²) < 4.78 is 2.15. The van der Waals surface area contributed by atoms with Gasteiger partial charge < -0.3 is 9.47 Å². The summed E-state index contributed by atoms with van der Waals surface area (Å²) in [6.07, 6.45) is 6.64. The predicted octanol–water partition coefficient (Wildman–Crippen LogP) is 2.73. The first kappa shape index (κ1) is 14.5. The Kier molecular flexibility index (Phi) is 3.05. The second-order valence-electron chi connectivity index (χ2n) is 7.75. The number of rotatable bonds is 3. The Morgan fingerprint density at radius 1 is 1.25 bits per heavy atom. The van der Waals surface area contributed by atoms with E-state index in [1.54, 1.807) is 0 Å². The molecule has 2 aromatic rings. The first-order valence-corrected chi connectivity index (χ1v) is 9.18. The molecule has 1 aromatic carbocycles. The van der Waals surface area contributed by atoms with Crippen LogP contribution in [0.1, 0.15) is 50.5 Å². The van der Waals surface area contributed by atoms with Crippen LogP contribution in [0, 0.1) is 5.92 Å². The average Bonchev–Trinajstić information content (AvgIpc) is 3.09. The summed E-state index contributed by atoms with van der Waals surface area (Å²) >= 11 is 0. The van der Waals surface area contributed by atoms with Crippen molar-refractivity contribution in [3.8, 4) is 0 Å². The summed E-state index contributed by atoms with van der Waals surface area (Å²) in [6.45, 7) is 0.876. The fourth-order valence-electron chi connectivity index (χ4n) is 4.51. The van der Waals surface area contributed by atoms with E-state index in [0.29, 0.717) is 11.8 Å². The van der Waals surface area contributed by atoms with Crippen LogP contribution >= 0.6 is 0 Å². The average molecular weight is 324 g/mol. The van der Waals surface area contributed by atoms with E-state index in [1.807, 2.05) is 18.2 Å². The lowest BCUT2D eigenvalue weighted by Crippen LogP contribution is -2.44. The molecule has 0 unspecified atom stereocenters. The third-order valence-electron chi connectivity index (χ3n) is 6.07. The van der Waals surface area contributed by atoms with E-state index >= 15 is 0 Å². The molecule has 5 rings (SSSR count). The van der Waals surface area contributed by atoms with Crippen LogP contribution in [0.3, 0.4) is 0 Å². The van der Waals surface area contributed by atoms with Gasteiger partial charge in [0.1, 0.15) is 12.0 Å². The first-order valence-electron chi connectivity index (χ1n) is 9.18. The second kappa shape index (κ2) is 5.06. The van der Waals surface area contributed by atoms with Crippen LogP contribution in [0.5, 0.6) is 0 Å². The minimum atomic E-state index is -0.336. The highest BCUT2D eigenvalue weighted by molar-refractivity contribution is 5.89. The maximum absolute atomic E-state index is 13.2. The van der Waals surface area contributed by atoms with Gasteiger partial charge in [-0.3, -0.25) is 10.1 Å². The van der Waals surface area contributed by atoms with Gasteiger partial charge in [-0.25, -0.2) is 4.98 Å². The van der Waals surface area contributed by atoms with Crippen molar-refractivity contribution in [2.45, 2.75) is 50.2 Å². The minimum absolute atomic E-state index is 0.0893. The number of aromatic nitrogens is 2. The molecule has 1 N–H and O–H groups in total. The highest BCUT2D eigenvalue weighted by Gasteiger charge is 2.54. The molecule has 0 bridgehead atoms. The van der Waals surface area contributed by atoms with Gasteiger partial charge in [0.05, 0.1) is 16.6 Å². The number of carbonyl (C=O) groups is 1. The van der Waals surface area contributed by atoms with E-state index in [0.717, 1.165) is 49.1 Å². The Morgan fingerprint density at radius 2 is 2.00 bits per heavy atom. The quantitative estimate of drug-likeness (QED) is 0.944. The normalized spacial score (nSPS) is 26.1. The molecule has 5 heteroatoms. The third kappa shape index (κ3) is 2.04.